The Morgan fingerprint density at radius 1 is 0.826 bits per heavy atom. The topological polar surface area (TPSA) is 72.7 Å². The van der Waals surface area contributed by atoms with E-state index in [4.69, 9.17) is 5.11 Å². The highest BCUT2D eigenvalue weighted by Gasteiger charge is 2.13. The summed E-state index contributed by atoms with van der Waals surface area (Å²) in [4.78, 5) is 0. The summed E-state index contributed by atoms with van der Waals surface area (Å²) >= 11 is 0. The number of aliphatic hydroxyl groups is 3. The van der Waals surface area contributed by atoms with Crippen molar-refractivity contribution in [2.45, 2.75) is 95.8 Å². The third kappa shape index (κ3) is 13.7. The van der Waals surface area contributed by atoms with Crippen LogP contribution < -0.4 is 5.32 Å². The van der Waals surface area contributed by atoms with Crippen molar-refractivity contribution >= 4 is 0 Å². The molecule has 0 aliphatic carbocycles. The van der Waals surface area contributed by atoms with Gasteiger partial charge in [-0.1, -0.05) is 83.3 Å². The fourth-order valence-corrected chi connectivity index (χ4v) is 2.68. The molecule has 0 radical (unpaired) electrons. The lowest BCUT2D eigenvalue weighted by Crippen LogP contribution is -2.39. The van der Waals surface area contributed by atoms with Crippen molar-refractivity contribution in [1.29, 1.82) is 0 Å². The molecule has 0 saturated heterocycles. The van der Waals surface area contributed by atoms with Gasteiger partial charge in [-0.25, -0.2) is 0 Å². The molecule has 4 N–H and O–H groups in total. The van der Waals surface area contributed by atoms with E-state index in [0.717, 1.165) is 19.3 Å². The maximum Gasteiger partial charge on any atom is 0.0897 e. The first-order valence-electron chi connectivity index (χ1n) is 9.48. The first-order valence-corrected chi connectivity index (χ1v) is 9.48. The van der Waals surface area contributed by atoms with Crippen molar-refractivity contribution in [2.24, 2.45) is 0 Å². The molecule has 0 unspecified atom stereocenters. The molecular weight excluding hydrogens is 290 g/mol. The van der Waals surface area contributed by atoms with Crippen LogP contribution in [0.1, 0.15) is 77.6 Å². The maximum absolute atomic E-state index is 9.87. The van der Waals surface area contributed by atoms with Gasteiger partial charge in [-0.2, -0.15) is 0 Å². The quantitative estimate of drug-likeness (QED) is 0.259. The van der Waals surface area contributed by atoms with Crippen LogP contribution in [0, 0.1) is 0 Å². The van der Waals surface area contributed by atoms with Crippen molar-refractivity contribution in [3.05, 3.63) is 12.2 Å². The fourth-order valence-electron chi connectivity index (χ4n) is 2.68. The van der Waals surface area contributed by atoms with E-state index in [9.17, 15) is 10.2 Å². The summed E-state index contributed by atoms with van der Waals surface area (Å²) in [5, 5.41) is 31.5. The third-order valence-corrected chi connectivity index (χ3v) is 4.36. The van der Waals surface area contributed by atoms with Crippen LogP contribution in [0.5, 0.6) is 0 Å². The van der Waals surface area contributed by atoms with E-state index >= 15 is 0 Å². The lowest BCUT2D eigenvalue weighted by molar-refractivity contribution is 0.126. The molecule has 0 spiro atoms. The van der Waals surface area contributed by atoms with Gasteiger partial charge < -0.3 is 20.6 Å². The number of aliphatic hydroxyl groups excluding tert-OH is 3. The summed E-state index contributed by atoms with van der Waals surface area (Å²) in [6, 6.07) is -0.379. The SMILES string of the molecule is CCCCCCCCCCCC[C@@H](O)/C=C/[C@@H](O)[C@H](CO)NC. The number of likely N-dealkylation sites (N-methyl/N-ethyl adjacent to an activating group) is 1. The molecule has 0 saturated carbocycles. The van der Waals surface area contributed by atoms with E-state index in [1.165, 1.54) is 51.4 Å². The van der Waals surface area contributed by atoms with Gasteiger partial charge in [0.2, 0.25) is 0 Å². The van der Waals surface area contributed by atoms with E-state index in [1.807, 2.05) is 0 Å². The molecule has 0 heterocycles. The number of hydrogen-bond donors (Lipinski definition) is 4. The molecule has 0 aromatic rings. The molecule has 0 aliphatic rings. The summed E-state index contributed by atoms with van der Waals surface area (Å²) in [5.41, 5.74) is 0. The van der Waals surface area contributed by atoms with Gasteiger partial charge in [-0.15, -0.1) is 0 Å². The average Bonchev–Trinajstić information content (AvgIpc) is 2.55. The monoisotopic (exact) mass is 329 g/mol. The summed E-state index contributed by atoms with van der Waals surface area (Å²) in [6.07, 6.45) is 15.5. The number of unbranched alkanes of at least 4 members (excludes halogenated alkanes) is 9. The lowest BCUT2D eigenvalue weighted by Gasteiger charge is -2.17. The maximum atomic E-state index is 9.87. The summed E-state index contributed by atoms with van der Waals surface area (Å²) in [7, 11) is 1.69. The standard InChI is InChI=1S/C19H39NO3/c1-3-4-5-6-7-8-9-10-11-12-13-17(22)14-15-19(23)18(16-21)20-2/h14-15,17-23H,3-13,16H2,1-2H3/b15-14+/t17-,18+,19-/m1/s1. The highest BCUT2D eigenvalue weighted by molar-refractivity contribution is 4.97. The first kappa shape index (κ1) is 22.6. The smallest absolute Gasteiger partial charge is 0.0897 e. The molecule has 0 fully saturated rings. The third-order valence-electron chi connectivity index (χ3n) is 4.36. The van der Waals surface area contributed by atoms with Gasteiger partial charge >= 0.3 is 0 Å². The summed E-state index contributed by atoms with van der Waals surface area (Å²) < 4.78 is 0. The highest BCUT2D eigenvalue weighted by Crippen LogP contribution is 2.12. The second kappa shape index (κ2) is 16.4. The predicted molar refractivity (Wildman–Crippen MR) is 97.5 cm³/mol. The van der Waals surface area contributed by atoms with Gasteiger partial charge in [0, 0.05) is 0 Å². The Bertz CT molecular complexity index is 267. The Balaban J connectivity index is 3.51. The molecule has 0 rings (SSSR count). The van der Waals surface area contributed by atoms with Gasteiger partial charge in [0.25, 0.3) is 0 Å². The van der Waals surface area contributed by atoms with E-state index < -0.39 is 12.2 Å². The van der Waals surface area contributed by atoms with E-state index in [2.05, 4.69) is 12.2 Å². The van der Waals surface area contributed by atoms with Gasteiger partial charge in [0.15, 0.2) is 0 Å². The van der Waals surface area contributed by atoms with Crippen molar-refractivity contribution in [1.82, 2.24) is 5.32 Å². The highest BCUT2D eigenvalue weighted by atomic mass is 16.3. The minimum Gasteiger partial charge on any atom is -0.395 e. The molecule has 4 nitrogen and oxygen atoms in total. The van der Waals surface area contributed by atoms with Crippen molar-refractivity contribution in [3.8, 4) is 0 Å². The van der Waals surface area contributed by atoms with Crippen LogP contribution in [-0.2, 0) is 0 Å². The van der Waals surface area contributed by atoms with Crippen LogP contribution in [0.3, 0.4) is 0 Å². The average molecular weight is 330 g/mol. The van der Waals surface area contributed by atoms with Crippen LogP contribution in [-0.4, -0.2) is 47.2 Å². The van der Waals surface area contributed by atoms with Crippen molar-refractivity contribution < 1.29 is 15.3 Å². The zero-order chi connectivity index (χ0) is 17.3. The van der Waals surface area contributed by atoms with Gasteiger partial charge in [0.1, 0.15) is 0 Å². The summed E-state index contributed by atoms with van der Waals surface area (Å²) in [5.74, 6) is 0. The molecule has 0 aromatic heterocycles. The largest absolute Gasteiger partial charge is 0.395 e. The van der Waals surface area contributed by atoms with E-state index in [1.54, 1.807) is 19.2 Å². The van der Waals surface area contributed by atoms with Crippen molar-refractivity contribution in [3.63, 3.8) is 0 Å². The van der Waals surface area contributed by atoms with E-state index in [0.29, 0.717) is 0 Å². The van der Waals surface area contributed by atoms with Gasteiger partial charge in [-0.05, 0) is 13.5 Å². The van der Waals surface area contributed by atoms with Crippen LogP contribution in [0.25, 0.3) is 0 Å². The van der Waals surface area contributed by atoms with Crippen LogP contribution in [0.4, 0.5) is 0 Å². The Morgan fingerprint density at radius 2 is 1.35 bits per heavy atom. The Labute approximate surface area is 143 Å². The van der Waals surface area contributed by atoms with E-state index in [-0.39, 0.29) is 12.6 Å². The molecule has 0 aliphatic heterocycles. The Kier molecular flexibility index (Phi) is 16.1. The second-order valence-corrected chi connectivity index (χ2v) is 6.49. The molecule has 3 atom stereocenters. The minimum absolute atomic E-state index is 0.128. The lowest BCUT2D eigenvalue weighted by atomic mass is 10.0. The first-order chi connectivity index (χ1) is 11.2. The Morgan fingerprint density at radius 3 is 1.83 bits per heavy atom. The number of nitrogens with one attached hydrogen (secondary N) is 1. The zero-order valence-corrected chi connectivity index (χ0v) is 15.2. The van der Waals surface area contributed by atoms with Gasteiger partial charge in [-0.3, -0.25) is 0 Å². The Hall–Kier alpha value is -0.420. The van der Waals surface area contributed by atoms with Crippen LogP contribution in [0.2, 0.25) is 0 Å². The van der Waals surface area contributed by atoms with Gasteiger partial charge in [0.05, 0.1) is 24.9 Å². The fraction of sp³-hybridized carbons (Fsp3) is 0.895. The molecule has 0 aromatic carbocycles. The number of hydrogen-bond acceptors (Lipinski definition) is 4. The molecule has 0 amide bonds. The normalized spacial score (nSPS) is 15.9. The zero-order valence-electron chi connectivity index (χ0n) is 15.2. The molecule has 0 bridgehead atoms. The van der Waals surface area contributed by atoms with Crippen LogP contribution in [0.15, 0.2) is 12.2 Å². The van der Waals surface area contributed by atoms with Crippen molar-refractivity contribution in [2.75, 3.05) is 13.7 Å². The van der Waals surface area contributed by atoms with Crippen LogP contribution >= 0.6 is 0 Å². The predicted octanol–water partition coefficient (Wildman–Crippen LogP) is 3.16. The summed E-state index contributed by atoms with van der Waals surface area (Å²) in [6.45, 7) is 2.12. The second-order valence-electron chi connectivity index (χ2n) is 6.49. The minimum atomic E-state index is -0.771. The molecular formula is C19H39NO3. The molecule has 138 valence electrons. The molecule has 23 heavy (non-hydrogen) atoms. The number of rotatable bonds is 16. The molecule has 4 heteroatoms.